The van der Waals surface area contributed by atoms with E-state index < -0.39 is 0 Å². The highest BCUT2D eigenvalue weighted by atomic mass is 16.6. The molecule has 0 aliphatic rings. The SMILES string of the molecule is CCC(C)(COC(C)(CC)COC)OC. The summed E-state index contributed by atoms with van der Waals surface area (Å²) in [5.41, 5.74) is -0.395. The van der Waals surface area contributed by atoms with Crippen molar-refractivity contribution in [3.8, 4) is 0 Å². The summed E-state index contributed by atoms with van der Waals surface area (Å²) < 4.78 is 16.5. The molecule has 2 unspecified atom stereocenters. The molecule has 15 heavy (non-hydrogen) atoms. The van der Waals surface area contributed by atoms with Crippen LogP contribution in [0, 0.1) is 0 Å². The Morgan fingerprint density at radius 1 is 0.867 bits per heavy atom. The normalized spacial score (nSPS) is 19.6. The fourth-order valence-corrected chi connectivity index (χ4v) is 1.18. The van der Waals surface area contributed by atoms with Crippen LogP contribution in [-0.2, 0) is 14.2 Å². The zero-order valence-corrected chi connectivity index (χ0v) is 11.1. The highest BCUT2D eigenvalue weighted by Gasteiger charge is 2.29. The summed E-state index contributed by atoms with van der Waals surface area (Å²) >= 11 is 0. The third-order valence-electron chi connectivity index (χ3n) is 3.16. The van der Waals surface area contributed by atoms with Crippen LogP contribution in [0.15, 0.2) is 0 Å². The Morgan fingerprint density at radius 2 is 1.40 bits per heavy atom. The lowest BCUT2D eigenvalue weighted by atomic mass is 10.0. The second-order valence-corrected chi connectivity index (χ2v) is 4.53. The smallest absolute Gasteiger partial charge is 0.0885 e. The lowest BCUT2D eigenvalue weighted by Gasteiger charge is -2.34. The summed E-state index contributed by atoms with van der Waals surface area (Å²) in [4.78, 5) is 0. The lowest BCUT2D eigenvalue weighted by molar-refractivity contribution is -0.141. The van der Waals surface area contributed by atoms with Crippen molar-refractivity contribution in [2.75, 3.05) is 27.4 Å². The van der Waals surface area contributed by atoms with Gasteiger partial charge in [0.1, 0.15) is 0 Å². The molecule has 0 fully saturated rings. The second-order valence-electron chi connectivity index (χ2n) is 4.53. The van der Waals surface area contributed by atoms with Gasteiger partial charge in [0.15, 0.2) is 0 Å². The van der Waals surface area contributed by atoms with Crippen molar-refractivity contribution in [2.45, 2.75) is 51.7 Å². The molecule has 0 aromatic carbocycles. The molecule has 0 saturated heterocycles. The van der Waals surface area contributed by atoms with E-state index in [2.05, 4.69) is 27.7 Å². The van der Waals surface area contributed by atoms with E-state index in [9.17, 15) is 0 Å². The summed E-state index contributed by atoms with van der Waals surface area (Å²) in [6, 6.07) is 0. The van der Waals surface area contributed by atoms with E-state index in [0.717, 1.165) is 12.8 Å². The largest absolute Gasteiger partial charge is 0.382 e. The first-order valence-corrected chi connectivity index (χ1v) is 5.63. The van der Waals surface area contributed by atoms with Gasteiger partial charge < -0.3 is 14.2 Å². The molecule has 0 aromatic heterocycles. The van der Waals surface area contributed by atoms with Crippen molar-refractivity contribution in [2.24, 2.45) is 0 Å². The van der Waals surface area contributed by atoms with E-state index in [0.29, 0.717) is 13.2 Å². The lowest BCUT2D eigenvalue weighted by Crippen LogP contribution is -2.41. The first-order valence-electron chi connectivity index (χ1n) is 5.63. The molecule has 0 saturated carbocycles. The maximum absolute atomic E-state index is 5.92. The van der Waals surface area contributed by atoms with Crippen LogP contribution in [0.25, 0.3) is 0 Å². The third kappa shape index (κ3) is 4.96. The van der Waals surface area contributed by atoms with Crippen molar-refractivity contribution in [3.63, 3.8) is 0 Å². The van der Waals surface area contributed by atoms with Gasteiger partial charge >= 0.3 is 0 Å². The number of rotatable bonds is 8. The van der Waals surface area contributed by atoms with Crippen LogP contribution in [0.4, 0.5) is 0 Å². The van der Waals surface area contributed by atoms with Gasteiger partial charge in [-0.3, -0.25) is 0 Å². The molecule has 0 radical (unpaired) electrons. The van der Waals surface area contributed by atoms with E-state index in [4.69, 9.17) is 14.2 Å². The molecule has 0 bridgehead atoms. The number of methoxy groups -OCH3 is 2. The molecular weight excluding hydrogens is 192 g/mol. The van der Waals surface area contributed by atoms with Gasteiger partial charge in [-0.1, -0.05) is 13.8 Å². The molecular formula is C12H26O3. The fourth-order valence-electron chi connectivity index (χ4n) is 1.18. The molecule has 92 valence electrons. The highest BCUT2D eigenvalue weighted by molar-refractivity contribution is 4.78. The summed E-state index contributed by atoms with van der Waals surface area (Å²) in [5, 5.41) is 0. The van der Waals surface area contributed by atoms with Crippen LogP contribution < -0.4 is 0 Å². The monoisotopic (exact) mass is 218 g/mol. The van der Waals surface area contributed by atoms with E-state index in [1.165, 1.54) is 0 Å². The van der Waals surface area contributed by atoms with Crippen molar-refractivity contribution in [3.05, 3.63) is 0 Å². The molecule has 3 nitrogen and oxygen atoms in total. The summed E-state index contributed by atoms with van der Waals surface area (Å²) in [7, 11) is 3.43. The first kappa shape index (κ1) is 14.9. The van der Waals surface area contributed by atoms with Crippen LogP contribution in [0.5, 0.6) is 0 Å². The third-order valence-corrected chi connectivity index (χ3v) is 3.16. The molecule has 0 aliphatic heterocycles. The van der Waals surface area contributed by atoms with Gasteiger partial charge in [-0.15, -0.1) is 0 Å². The summed E-state index contributed by atoms with van der Waals surface area (Å²) in [6.45, 7) is 9.57. The predicted octanol–water partition coefficient (Wildman–Crippen LogP) is 2.63. The van der Waals surface area contributed by atoms with Crippen LogP contribution in [-0.4, -0.2) is 38.6 Å². The fraction of sp³-hybridized carbons (Fsp3) is 1.00. The van der Waals surface area contributed by atoms with Crippen molar-refractivity contribution < 1.29 is 14.2 Å². The van der Waals surface area contributed by atoms with Gasteiger partial charge in [0, 0.05) is 14.2 Å². The topological polar surface area (TPSA) is 27.7 Å². The van der Waals surface area contributed by atoms with Crippen LogP contribution in [0.3, 0.4) is 0 Å². The van der Waals surface area contributed by atoms with Gasteiger partial charge in [0.2, 0.25) is 0 Å². The van der Waals surface area contributed by atoms with Gasteiger partial charge in [-0.05, 0) is 26.7 Å². The van der Waals surface area contributed by atoms with Crippen LogP contribution in [0.1, 0.15) is 40.5 Å². The number of hydrogen-bond donors (Lipinski definition) is 0. The maximum atomic E-state index is 5.92. The first-order chi connectivity index (χ1) is 6.95. The quantitative estimate of drug-likeness (QED) is 0.627. The molecule has 0 heterocycles. The Morgan fingerprint density at radius 3 is 1.73 bits per heavy atom. The summed E-state index contributed by atoms with van der Waals surface area (Å²) in [5.74, 6) is 0. The Balaban J connectivity index is 4.20. The highest BCUT2D eigenvalue weighted by Crippen LogP contribution is 2.21. The van der Waals surface area contributed by atoms with Gasteiger partial charge in [-0.2, -0.15) is 0 Å². The van der Waals surface area contributed by atoms with E-state index in [1.807, 2.05) is 0 Å². The van der Waals surface area contributed by atoms with E-state index in [1.54, 1.807) is 14.2 Å². The zero-order valence-electron chi connectivity index (χ0n) is 11.1. The minimum atomic E-state index is -0.205. The zero-order chi connectivity index (χ0) is 11.9. The van der Waals surface area contributed by atoms with Gasteiger partial charge in [-0.25, -0.2) is 0 Å². The van der Waals surface area contributed by atoms with E-state index in [-0.39, 0.29) is 11.2 Å². The Hall–Kier alpha value is -0.120. The van der Waals surface area contributed by atoms with Crippen molar-refractivity contribution in [1.82, 2.24) is 0 Å². The minimum Gasteiger partial charge on any atom is -0.382 e. The predicted molar refractivity (Wildman–Crippen MR) is 62.2 cm³/mol. The molecule has 2 atom stereocenters. The molecule has 0 N–H and O–H groups in total. The Labute approximate surface area is 94.1 Å². The second kappa shape index (κ2) is 6.46. The van der Waals surface area contributed by atoms with Crippen LogP contribution in [0.2, 0.25) is 0 Å². The van der Waals surface area contributed by atoms with Gasteiger partial charge in [0.25, 0.3) is 0 Å². The Bertz CT molecular complexity index is 166. The molecule has 0 aromatic rings. The number of hydrogen-bond acceptors (Lipinski definition) is 3. The van der Waals surface area contributed by atoms with Crippen molar-refractivity contribution >= 4 is 0 Å². The van der Waals surface area contributed by atoms with E-state index >= 15 is 0 Å². The molecule has 3 heteroatoms. The minimum absolute atomic E-state index is 0.190. The van der Waals surface area contributed by atoms with Crippen LogP contribution >= 0.6 is 0 Å². The summed E-state index contributed by atoms with van der Waals surface area (Å²) in [6.07, 6.45) is 1.88. The standard InChI is InChI=1S/C12H26O3/c1-7-11(3,14-6)10-15-12(4,8-2)9-13-5/h7-10H2,1-6H3. The molecule has 0 rings (SSSR count). The molecule has 0 spiro atoms. The molecule has 0 amide bonds. The number of ether oxygens (including phenoxy) is 3. The average molecular weight is 218 g/mol. The van der Waals surface area contributed by atoms with Crippen molar-refractivity contribution in [1.29, 1.82) is 0 Å². The maximum Gasteiger partial charge on any atom is 0.0885 e. The van der Waals surface area contributed by atoms with Gasteiger partial charge in [0.05, 0.1) is 24.4 Å². The average Bonchev–Trinajstić information content (AvgIpc) is 2.26. The molecule has 0 aliphatic carbocycles. The Kier molecular flexibility index (Phi) is 6.41.